The fraction of sp³-hybridized carbons (Fsp3) is 0.267. The summed E-state index contributed by atoms with van der Waals surface area (Å²) in [7, 11) is -3.95. The van der Waals surface area contributed by atoms with Crippen LogP contribution in [0.5, 0.6) is 0 Å². The molecule has 0 bridgehead atoms. The summed E-state index contributed by atoms with van der Waals surface area (Å²) in [5, 5.41) is 11.1. The Morgan fingerprint density at radius 2 is 1.78 bits per heavy atom. The molecule has 1 aromatic carbocycles. The van der Waals surface area contributed by atoms with E-state index in [9.17, 15) is 18.5 Å². The minimum absolute atomic E-state index is 0.0300. The molecule has 0 amide bonds. The highest BCUT2D eigenvalue weighted by molar-refractivity contribution is 7.86. The zero-order chi connectivity index (χ0) is 17.2. The quantitative estimate of drug-likeness (QED) is 0.473. The molecule has 2 rings (SSSR count). The third-order valence-corrected chi connectivity index (χ3v) is 4.70. The molecule has 0 N–H and O–H groups in total. The molecule has 23 heavy (non-hydrogen) atoms. The smallest absolute Gasteiger partial charge is 0.260 e. The van der Waals surface area contributed by atoms with Crippen LogP contribution in [-0.4, -0.2) is 18.3 Å². The molecule has 122 valence electrons. The van der Waals surface area contributed by atoms with E-state index in [-0.39, 0.29) is 22.9 Å². The number of hydrogen-bond acceptors (Lipinski definition) is 6. The van der Waals surface area contributed by atoms with Crippen LogP contribution in [0.3, 0.4) is 0 Å². The maximum atomic E-state index is 12.1. The van der Waals surface area contributed by atoms with Gasteiger partial charge in [0, 0.05) is 11.8 Å². The van der Waals surface area contributed by atoms with E-state index < -0.39 is 15.0 Å². The summed E-state index contributed by atoms with van der Waals surface area (Å²) in [6, 6.07) is 6.22. The Hall–Kier alpha value is -2.32. The maximum absolute atomic E-state index is 12.1. The number of hydrogen-bond donors (Lipinski definition) is 0. The van der Waals surface area contributed by atoms with Crippen molar-refractivity contribution >= 4 is 15.8 Å². The highest BCUT2D eigenvalue weighted by Gasteiger charge is 2.21. The monoisotopic (exact) mass is 336 g/mol. The van der Waals surface area contributed by atoms with Crippen molar-refractivity contribution in [2.75, 3.05) is 0 Å². The summed E-state index contributed by atoms with van der Waals surface area (Å²) in [5.41, 5.74) is 1.78. The Morgan fingerprint density at radius 3 is 2.35 bits per heavy atom. The number of aryl methyl sites for hydroxylation is 2. The zero-order valence-corrected chi connectivity index (χ0v) is 13.8. The predicted molar refractivity (Wildman–Crippen MR) is 83.5 cm³/mol. The van der Waals surface area contributed by atoms with Crippen LogP contribution in [0, 0.1) is 30.9 Å². The van der Waals surface area contributed by atoms with E-state index in [4.69, 9.17) is 4.18 Å². The average molecular weight is 336 g/mol. The number of benzene rings is 1. The van der Waals surface area contributed by atoms with Gasteiger partial charge in [-0.15, -0.1) is 0 Å². The third-order valence-electron chi connectivity index (χ3n) is 3.42. The Bertz CT molecular complexity index is 845. The normalized spacial score (nSPS) is 11.4. The van der Waals surface area contributed by atoms with Crippen LogP contribution in [0.4, 0.5) is 5.69 Å². The van der Waals surface area contributed by atoms with Gasteiger partial charge in [0.15, 0.2) is 0 Å². The Morgan fingerprint density at radius 1 is 1.17 bits per heavy atom. The van der Waals surface area contributed by atoms with Crippen molar-refractivity contribution in [2.45, 2.75) is 32.3 Å². The number of rotatable bonds is 5. The Balaban J connectivity index is 2.26. The number of pyridine rings is 1. The molecule has 0 fully saturated rings. The SMILES string of the molecule is Cc1ccc(S(=O)(=O)OCc2ncc(C)c([N+](=O)[O-])c2C)cc1. The van der Waals surface area contributed by atoms with Crippen LogP contribution in [-0.2, 0) is 20.9 Å². The molecular weight excluding hydrogens is 320 g/mol. The van der Waals surface area contributed by atoms with Crippen molar-refractivity contribution < 1.29 is 17.5 Å². The molecule has 0 spiro atoms. The van der Waals surface area contributed by atoms with Gasteiger partial charge in [-0.05, 0) is 32.9 Å². The van der Waals surface area contributed by atoms with Gasteiger partial charge in [-0.2, -0.15) is 8.42 Å². The Kier molecular flexibility index (Phi) is 4.76. The minimum Gasteiger partial charge on any atom is -0.260 e. The summed E-state index contributed by atoms with van der Waals surface area (Å²) < 4.78 is 29.2. The van der Waals surface area contributed by atoms with E-state index in [1.807, 2.05) is 6.92 Å². The first-order valence-electron chi connectivity index (χ1n) is 6.78. The van der Waals surface area contributed by atoms with Crippen molar-refractivity contribution in [3.8, 4) is 0 Å². The van der Waals surface area contributed by atoms with Crippen molar-refractivity contribution in [1.29, 1.82) is 0 Å². The van der Waals surface area contributed by atoms with Crippen LogP contribution < -0.4 is 0 Å². The van der Waals surface area contributed by atoms with Crippen molar-refractivity contribution in [3.63, 3.8) is 0 Å². The van der Waals surface area contributed by atoms with Crippen molar-refractivity contribution in [1.82, 2.24) is 4.98 Å². The van der Waals surface area contributed by atoms with Crippen LogP contribution in [0.25, 0.3) is 0 Å². The molecule has 1 aromatic heterocycles. The van der Waals surface area contributed by atoms with Crippen LogP contribution >= 0.6 is 0 Å². The number of aromatic nitrogens is 1. The lowest BCUT2D eigenvalue weighted by Gasteiger charge is -2.09. The van der Waals surface area contributed by atoms with Gasteiger partial charge >= 0.3 is 0 Å². The molecule has 0 radical (unpaired) electrons. The molecule has 0 aliphatic carbocycles. The van der Waals surface area contributed by atoms with Gasteiger partial charge in [0.1, 0.15) is 6.61 Å². The topological polar surface area (TPSA) is 99.4 Å². The van der Waals surface area contributed by atoms with Crippen molar-refractivity contribution in [3.05, 3.63) is 63.0 Å². The third kappa shape index (κ3) is 3.72. The first-order valence-corrected chi connectivity index (χ1v) is 8.19. The van der Waals surface area contributed by atoms with Crippen LogP contribution in [0.1, 0.15) is 22.4 Å². The van der Waals surface area contributed by atoms with E-state index in [1.54, 1.807) is 19.1 Å². The highest BCUT2D eigenvalue weighted by atomic mass is 32.2. The van der Waals surface area contributed by atoms with Crippen LogP contribution in [0.15, 0.2) is 35.4 Å². The van der Waals surface area contributed by atoms with E-state index >= 15 is 0 Å². The largest absolute Gasteiger partial charge is 0.297 e. The molecule has 0 unspecified atom stereocenters. The molecule has 0 saturated carbocycles. The summed E-state index contributed by atoms with van der Waals surface area (Å²) in [6.07, 6.45) is 1.34. The fourth-order valence-electron chi connectivity index (χ4n) is 2.10. The lowest BCUT2D eigenvalue weighted by molar-refractivity contribution is -0.386. The first-order chi connectivity index (χ1) is 10.7. The lowest BCUT2D eigenvalue weighted by atomic mass is 10.1. The summed E-state index contributed by atoms with van der Waals surface area (Å²) in [6.45, 7) is 4.58. The van der Waals surface area contributed by atoms with E-state index in [2.05, 4.69) is 4.98 Å². The van der Waals surface area contributed by atoms with E-state index in [0.717, 1.165) is 5.56 Å². The molecule has 0 atom stereocenters. The lowest BCUT2D eigenvalue weighted by Crippen LogP contribution is -2.09. The summed E-state index contributed by atoms with van der Waals surface area (Å²) in [5.74, 6) is 0. The van der Waals surface area contributed by atoms with Gasteiger partial charge in [0.2, 0.25) is 0 Å². The molecule has 1 heterocycles. The summed E-state index contributed by atoms with van der Waals surface area (Å²) >= 11 is 0. The maximum Gasteiger partial charge on any atom is 0.297 e. The van der Waals surface area contributed by atoms with Gasteiger partial charge in [0.05, 0.1) is 21.1 Å². The molecule has 2 aromatic rings. The van der Waals surface area contributed by atoms with Crippen LogP contribution in [0.2, 0.25) is 0 Å². The molecule has 8 heteroatoms. The predicted octanol–water partition coefficient (Wildman–Crippen LogP) is 2.82. The Labute approximate surface area is 134 Å². The van der Waals surface area contributed by atoms with E-state index in [0.29, 0.717) is 11.1 Å². The molecule has 7 nitrogen and oxygen atoms in total. The van der Waals surface area contributed by atoms with Gasteiger partial charge < -0.3 is 0 Å². The van der Waals surface area contributed by atoms with Gasteiger partial charge in [-0.3, -0.25) is 19.3 Å². The van der Waals surface area contributed by atoms with Gasteiger partial charge in [-0.25, -0.2) is 0 Å². The zero-order valence-electron chi connectivity index (χ0n) is 12.9. The highest BCUT2D eigenvalue weighted by Crippen LogP contribution is 2.25. The molecule has 0 saturated heterocycles. The molecule has 0 aliphatic rings. The second-order valence-corrected chi connectivity index (χ2v) is 6.76. The molecule has 0 aliphatic heterocycles. The van der Waals surface area contributed by atoms with Gasteiger partial charge in [-0.1, -0.05) is 17.7 Å². The first kappa shape index (κ1) is 17.0. The number of nitrogens with zero attached hydrogens (tertiary/aromatic N) is 2. The standard InChI is InChI=1S/C15H16N2O5S/c1-10-4-6-13(7-5-10)23(20,21)22-9-14-12(3)15(17(18)19)11(2)8-16-14/h4-8H,9H2,1-3H3. The summed E-state index contributed by atoms with van der Waals surface area (Å²) in [4.78, 5) is 14.6. The second kappa shape index (κ2) is 6.43. The van der Waals surface area contributed by atoms with E-state index in [1.165, 1.54) is 25.3 Å². The second-order valence-electron chi connectivity index (χ2n) is 5.15. The molecular formula is C15H16N2O5S. The number of nitro groups is 1. The fourth-order valence-corrected chi connectivity index (χ4v) is 2.97. The van der Waals surface area contributed by atoms with Gasteiger partial charge in [0.25, 0.3) is 15.8 Å². The average Bonchev–Trinajstić information content (AvgIpc) is 2.46. The van der Waals surface area contributed by atoms with Crippen molar-refractivity contribution in [2.24, 2.45) is 0 Å². The minimum atomic E-state index is -3.95.